The third-order valence-electron chi connectivity index (χ3n) is 16.6. The molecule has 1 heterocycles. The van der Waals surface area contributed by atoms with Crippen LogP contribution in [0.4, 0.5) is 0 Å². The number of nitrogens with zero attached hydrogens (tertiary/aromatic N) is 5. The standard InChI is InChI=1S/C46H86N6O6/c1-12-49(13-2)19-21-51(22-20-50(14-3)15-4)45(56)34-23-33(24-36(25-34)48(9)10)37-18-16-17-32(43(37)57-11)28-52-42(41(31(6)54)40(29-53)58-52)44(55)47-39-27-35-26-38(30(39)5)46(35,7)8/h30-43,53-54H,12-29H2,1-11H3,(H,47,55)/t30-,31-,32?,33?,34?,35+,36?,37?,38-,39-,40-,41+,42-,43?/m0/s1. The van der Waals surface area contributed by atoms with Gasteiger partial charge in [0.05, 0.1) is 18.8 Å². The maximum Gasteiger partial charge on any atom is 0.240 e. The minimum absolute atomic E-state index is 0.0386. The molecule has 5 aliphatic carbocycles. The number of carbonyl (C=O) groups is 2. The fourth-order valence-corrected chi connectivity index (χ4v) is 12.6. The molecule has 0 aromatic carbocycles. The van der Waals surface area contributed by atoms with Crippen molar-refractivity contribution in [3.05, 3.63) is 0 Å². The van der Waals surface area contributed by atoms with Crippen LogP contribution in [0.1, 0.15) is 107 Å². The SMILES string of the molecule is CCN(CC)CCN(CCN(CC)CC)C(=O)C1CC(C2CCCC(CN3O[C@@H](CO)[C@@H]([C@H](C)O)[C@H]3C(=O)N[C@H]3C[C@H]4C[C@@H]([C@@H]3C)C4(C)C)C2OC)CC(N(C)C)C1. The normalized spacial score (nSPS) is 36.9. The van der Waals surface area contributed by atoms with Gasteiger partial charge in [-0.1, -0.05) is 54.9 Å². The Morgan fingerprint density at radius 1 is 0.931 bits per heavy atom. The van der Waals surface area contributed by atoms with Crippen LogP contribution < -0.4 is 5.32 Å². The van der Waals surface area contributed by atoms with Gasteiger partial charge in [0.15, 0.2) is 0 Å². The van der Waals surface area contributed by atoms with E-state index in [1.165, 1.54) is 6.42 Å². The van der Waals surface area contributed by atoms with Crippen LogP contribution in [-0.4, -0.2) is 170 Å². The van der Waals surface area contributed by atoms with E-state index in [0.717, 1.165) is 97.3 Å². The monoisotopic (exact) mass is 819 g/mol. The molecule has 12 nitrogen and oxygen atoms in total. The van der Waals surface area contributed by atoms with Crippen LogP contribution in [0.15, 0.2) is 0 Å². The molecule has 6 aliphatic rings. The van der Waals surface area contributed by atoms with E-state index in [2.05, 4.69) is 87.5 Å². The number of amides is 2. The van der Waals surface area contributed by atoms with Crippen molar-refractivity contribution in [2.45, 2.75) is 143 Å². The van der Waals surface area contributed by atoms with E-state index in [1.807, 2.05) is 12.2 Å². The zero-order chi connectivity index (χ0) is 42.5. The second-order valence-corrected chi connectivity index (χ2v) is 20.0. The molecule has 3 N–H and O–H groups in total. The summed E-state index contributed by atoms with van der Waals surface area (Å²) < 4.78 is 6.49. The molecule has 2 amide bonds. The maximum atomic E-state index is 14.7. The highest BCUT2D eigenvalue weighted by atomic mass is 16.7. The van der Waals surface area contributed by atoms with E-state index < -0.39 is 24.2 Å². The Morgan fingerprint density at radius 3 is 2.09 bits per heavy atom. The number of hydrogen-bond donors (Lipinski definition) is 3. The molecule has 6 rings (SSSR count). The highest BCUT2D eigenvalue weighted by Gasteiger charge is 2.58. The molecule has 5 saturated carbocycles. The summed E-state index contributed by atoms with van der Waals surface area (Å²) in [6.45, 7) is 25.0. The van der Waals surface area contributed by atoms with Gasteiger partial charge in [0.25, 0.3) is 0 Å². The lowest BCUT2D eigenvalue weighted by molar-refractivity contribution is -0.193. The number of fused-ring (bicyclic) bond motifs is 2. The lowest BCUT2D eigenvalue weighted by Gasteiger charge is -2.62. The first-order valence-corrected chi connectivity index (χ1v) is 23.6. The molecular weight excluding hydrogens is 733 g/mol. The van der Waals surface area contributed by atoms with Gasteiger partial charge in [-0.15, -0.1) is 0 Å². The van der Waals surface area contributed by atoms with E-state index in [4.69, 9.17) is 9.57 Å². The van der Waals surface area contributed by atoms with E-state index >= 15 is 0 Å². The summed E-state index contributed by atoms with van der Waals surface area (Å²) in [4.78, 5) is 44.9. The molecule has 58 heavy (non-hydrogen) atoms. The molecule has 12 heteroatoms. The van der Waals surface area contributed by atoms with Crippen molar-refractivity contribution >= 4 is 11.8 Å². The van der Waals surface area contributed by atoms with Crippen molar-refractivity contribution in [2.24, 2.45) is 52.8 Å². The van der Waals surface area contributed by atoms with Crippen LogP contribution in [0, 0.1) is 52.8 Å². The zero-order valence-electron chi connectivity index (χ0n) is 38.6. The number of nitrogens with one attached hydrogen (secondary N) is 1. The average Bonchev–Trinajstić information content (AvgIpc) is 3.59. The van der Waals surface area contributed by atoms with Gasteiger partial charge in [-0.2, -0.15) is 5.06 Å². The van der Waals surface area contributed by atoms with Gasteiger partial charge in [-0.3, -0.25) is 14.4 Å². The Morgan fingerprint density at radius 2 is 1.57 bits per heavy atom. The quantitative estimate of drug-likeness (QED) is 0.163. The van der Waals surface area contributed by atoms with Crippen molar-refractivity contribution in [1.29, 1.82) is 0 Å². The second kappa shape index (κ2) is 21.1. The summed E-state index contributed by atoms with van der Waals surface area (Å²) in [6, 6.07) is -0.303. The van der Waals surface area contributed by atoms with Crippen LogP contribution >= 0.6 is 0 Å². The topological polar surface area (TPSA) is 121 Å². The predicted molar refractivity (Wildman–Crippen MR) is 231 cm³/mol. The summed E-state index contributed by atoms with van der Waals surface area (Å²) in [7, 11) is 6.15. The second-order valence-electron chi connectivity index (χ2n) is 20.0. The van der Waals surface area contributed by atoms with Crippen molar-refractivity contribution in [3.8, 4) is 0 Å². The highest BCUT2D eigenvalue weighted by molar-refractivity contribution is 5.83. The van der Waals surface area contributed by atoms with Crippen molar-refractivity contribution < 1.29 is 29.4 Å². The first-order chi connectivity index (χ1) is 27.6. The number of ether oxygens (including phenoxy) is 1. The molecule has 2 bridgehead atoms. The van der Waals surface area contributed by atoms with E-state index in [0.29, 0.717) is 47.6 Å². The molecule has 0 aromatic rings. The van der Waals surface area contributed by atoms with Crippen LogP contribution in [0.3, 0.4) is 0 Å². The number of likely N-dealkylation sites (N-methyl/N-ethyl adjacent to an activating group) is 2. The lowest BCUT2D eigenvalue weighted by Crippen LogP contribution is -2.62. The summed E-state index contributed by atoms with van der Waals surface area (Å²) in [5.74, 6) is 1.90. The number of aliphatic hydroxyl groups excluding tert-OH is 2. The molecule has 1 aliphatic heterocycles. The Labute approximate surface area is 353 Å². The van der Waals surface area contributed by atoms with Crippen molar-refractivity contribution in [3.63, 3.8) is 0 Å². The summed E-state index contributed by atoms with van der Waals surface area (Å²) in [5.41, 5.74) is 0.314. The number of hydroxylamine groups is 2. The van der Waals surface area contributed by atoms with Gasteiger partial charge in [0, 0.05) is 69.7 Å². The van der Waals surface area contributed by atoms with Gasteiger partial charge < -0.3 is 39.9 Å². The molecule has 0 aromatic heterocycles. The van der Waals surface area contributed by atoms with E-state index in [1.54, 1.807) is 6.92 Å². The molecule has 336 valence electrons. The van der Waals surface area contributed by atoms with E-state index in [-0.39, 0.29) is 42.4 Å². The molecule has 14 atom stereocenters. The Kier molecular flexibility index (Phi) is 17.4. The maximum absolute atomic E-state index is 14.7. The number of hydrogen-bond acceptors (Lipinski definition) is 10. The molecule has 0 radical (unpaired) electrons. The minimum atomic E-state index is -0.829. The van der Waals surface area contributed by atoms with Gasteiger partial charge >= 0.3 is 0 Å². The van der Waals surface area contributed by atoms with Crippen LogP contribution in [0.5, 0.6) is 0 Å². The fraction of sp³-hybridized carbons (Fsp3) is 0.957. The zero-order valence-corrected chi connectivity index (χ0v) is 38.6. The third kappa shape index (κ3) is 10.4. The Balaban J connectivity index is 1.33. The smallest absolute Gasteiger partial charge is 0.240 e. The number of rotatable bonds is 20. The molecule has 1 saturated heterocycles. The van der Waals surface area contributed by atoms with Crippen LogP contribution in [-0.2, 0) is 19.2 Å². The lowest BCUT2D eigenvalue weighted by atomic mass is 9.45. The fourth-order valence-electron chi connectivity index (χ4n) is 12.6. The number of aliphatic hydroxyl groups is 2. The average molecular weight is 819 g/mol. The van der Waals surface area contributed by atoms with Gasteiger partial charge in [-0.25, -0.2) is 0 Å². The summed E-state index contributed by atoms with van der Waals surface area (Å²) in [6.07, 6.45) is 6.48. The summed E-state index contributed by atoms with van der Waals surface area (Å²) in [5, 5.41) is 26.8. The third-order valence-corrected chi connectivity index (χ3v) is 16.6. The number of methoxy groups -OCH3 is 1. The summed E-state index contributed by atoms with van der Waals surface area (Å²) >= 11 is 0. The molecule has 6 fully saturated rings. The molecule has 6 unspecified atom stereocenters. The Bertz CT molecular complexity index is 1280. The number of carbonyl (C=O) groups excluding carboxylic acids is 2. The highest BCUT2D eigenvalue weighted by Crippen LogP contribution is 2.61. The van der Waals surface area contributed by atoms with Crippen LogP contribution in [0.25, 0.3) is 0 Å². The van der Waals surface area contributed by atoms with Gasteiger partial charge in [0.2, 0.25) is 11.8 Å². The van der Waals surface area contributed by atoms with Crippen molar-refractivity contribution in [1.82, 2.24) is 30.0 Å². The minimum Gasteiger partial charge on any atom is -0.394 e. The van der Waals surface area contributed by atoms with Gasteiger partial charge in [-0.05, 0) is 127 Å². The molecular formula is C46H86N6O6. The predicted octanol–water partition coefficient (Wildman–Crippen LogP) is 4.44. The first-order valence-electron chi connectivity index (χ1n) is 23.6. The molecule has 0 spiro atoms. The Hall–Kier alpha value is -1.38. The van der Waals surface area contributed by atoms with Crippen molar-refractivity contribution in [2.75, 3.05) is 86.7 Å². The van der Waals surface area contributed by atoms with E-state index in [9.17, 15) is 19.8 Å². The van der Waals surface area contributed by atoms with Gasteiger partial charge in [0.1, 0.15) is 12.1 Å². The van der Waals surface area contributed by atoms with Crippen LogP contribution in [0.2, 0.25) is 0 Å². The first kappa shape index (κ1) is 47.7. The largest absolute Gasteiger partial charge is 0.394 e.